The van der Waals surface area contributed by atoms with Crippen molar-refractivity contribution in [3.63, 3.8) is 0 Å². The first-order chi connectivity index (χ1) is 9.27. The van der Waals surface area contributed by atoms with E-state index in [1.54, 1.807) is 0 Å². The first-order valence-electron chi connectivity index (χ1n) is 7.04. The van der Waals surface area contributed by atoms with E-state index in [2.05, 4.69) is 24.4 Å². The van der Waals surface area contributed by atoms with Gasteiger partial charge in [0.25, 0.3) is 0 Å². The topological polar surface area (TPSA) is 29.1 Å². The maximum atomic E-state index is 13.0. The predicted molar refractivity (Wildman–Crippen MR) is 78.5 cm³/mol. The number of Topliss-reactive ketones (excluding diaryl/α,β-unsaturated/α-hetero) is 1. The fourth-order valence-electron chi connectivity index (χ4n) is 3.14. The van der Waals surface area contributed by atoms with E-state index in [9.17, 15) is 4.79 Å². The molecule has 1 aliphatic rings. The molecular weight excluding hydrogens is 234 g/mol. The Morgan fingerprint density at radius 2 is 2.00 bits per heavy atom. The largest absolute Gasteiger partial charge is 0.305 e. The first kappa shape index (κ1) is 12.4. The molecule has 1 saturated heterocycles. The van der Waals surface area contributed by atoms with Crippen LogP contribution in [-0.4, -0.2) is 17.9 Å². The number of fused-ring (bicyclic) bond motifs is 1. The van der Waals surface area contributed by atoms with Crippen molar-refractivity contribution in [3.8, 4) is 0 Å². The van der Waals surface area contributed by atoms with Crippen LogP contribution in [0.3, 0.4) is 0 Å². The standard InChI is InChI=1S/C17H19NO/c1-2-17(11-6-12-18-17)16(19)15-10-5-8-13-7-3-4-9-14(13)15/h3-5,7-10,18H,2,6,11-12H2,1H3. The van der Waals surface area contributed by atoms with Gasteiger partial charge in [-0.05, 0) is 36.6 Å². The zero-order valence-corrected chi connectivity index (χ0v) is 11.3. The molecule has 0 bridgehead atoms. The van der Waals surface area contributed by atoms with Gasteiger partial charge in [-0.1, -0.05) is 49.4 Å². The molecule has 0 amide bonds. The molecule has 1 fully saturated rings. The van der Waals surface area contributed by atoms with Crippen molar-refractivity contribution in [2.24, 2.45) is 0 Å². The van der Waals surface area contributed by atoms with E-state index in [0.29, 0.717) is 0 Å². The van der Waals surface area contributed by atoms with Crippen molar-refractivity contribution in [1.29, 1.82) is 0 Å². The zero-order valence-electron chi connectivity index (χ0n) is 11.3. The number of hydrogen-bond donors (Lipinski definition) is 1. The van der Waals surface area contributed by atoms with Gasteiger partial charge in [0.15, 0.2) is 5.78 Å². The first-order valence-corrected chi connectivity index (χ1v) is 7.04. The van der Waals surface area contributed by atoms with Gasteiger partial charge in [0.05, 0.1) is 5.54 Å². The highest BCUT2D eigenvalue weighted by atomic mass is 16.1. The summed E-state index contributed by atoms with van der Waals surface area (Å²) in [4.78, 5) is 13.0. The molecule has 1 unspecified atom stereocenters. The Morgan fingerprint density at radius 3 is 2.74 bits per heavy atom. The fourth-order valence-corrected chi connectivity index (χ4v) is 3.14. The van der Waals surface area contributed by atoms with Crippen molar-refractivity contribution < 1.29 is 4.79 Å². The second-order valence-electron chi connectivity index (χ2n) is 5.32. The van der Waals surface area contributed by atoms with Crippen molar-refractivity contribution >= 4 is 16.6 Å². The number of rotatable bonds is 3. The molecule has 2 aromatic rings. The van der Waals surface area contributed by atoms with Crippen LogP contribution in [0.25, 0.3) is 10.8 Å². The summed E-state index contributed by atoms with van der Waals surface area (Å²) < 4.78 is 0. The highest BCUT2D eigenvalue weighted by molar-refractivity contribution is 6.12. The number of nitrogens with one attached hydrogen (secondary N) is 1. The summed E-state index contributed by atoms with van der Waals surface area (Å²) in [7, 11) is 0. The third-order valence-corrected chi connectivity index (χ3v) is 4.32. The molecule has 98 valence electrons. The van der Waals surface area contributed by atoms with E-state index in [-0.39, 0.29) is 11.3 Å². The number of benzene rings is 2. The second-order valence-corrected chi connectivity index (χ2v) is 5.32. The Morgan fingerprint density at radius 1 is 1.21 bits per heavy atom. The van der Waals surface area contributed by atoms with Gasteiger partial charge in [-0.2, -0.15) is 0 Å². The lowest BCUT2D eigenvalue weighted by Gasteiger charge is -2.27. The van der Waals surface area contributed by atoms with Crippen LogP contribution in [0.2, 0.25) is 0 Å². The minimum atomic E-state index is -0.343. The third-order valence-electron chi connectivity index (χ3n) is 4.32. The number of carbonyl (C=O) groups is 1. The van der Waals surface area contributed by atoms with E-state index in [4.69, 9.17) is 0 Å². The van der Waals surface area contributed by atoms with Crippen LogP contribution in [0.1, 0.15) is 36.5 Å². The van der Waals surface area contributed by atoms with Gasteiger partial charge in [0.1, 0.15) is 0 Å². The van der Waals surface area contributed by atoms with Crippen LogP contribution in [0.5, 0.6) is 0 Å². The lowest BCUT2D eigenvalue weighted by Crippen LogP contribution is -2.47. The van der Waals surface area contributed by atoms with Crippen molar-refractivity contribution in [2.75, 3.05) is 6.54 Å². The van der Waals surface area contributed by atoms with E-state index < -0.39 is 0 Å². The zero-order chi connectivity index (χ0) is 13.3. The molecule has 2 heteroatoms. The highest BCUT2D eigenvalue weighted by Gasteiger charge is 2.39. The number of hydrogen-bond acceptors (Lipinski definition) is 2. The Kier molecular flexibility index (Phi) is 3.11. The summed E-state index contributed by atoms with van der Waals surface area (Å²) in [6.45, 7) is 3.05. The molecule has 3 rings (SSSR count). The smallest absolute Gasteiger partial charge is 0.183 e. The van der Waals surface area contributed by atoms with E-state index >= 15 is 0 Å². The molecule has 0 radical (unpaired) electrons. The van der Waals surface area contributed by atoms with Crippen LogP contribution >= 0.6 is 0 Å². The summed E-state index contributed by atoms with van der Waals surface area (Å²) >= 11 is 0. The molecule has 0 spiro atoms. The normalized spacial score (nSPS) is 22.8. The second kappa shape index (κ2) is 4.78. The molecule has 0 saturated carbocycles. The summed E-state index contributed by atoms with van der Waals surface area (Å²) in [5, 5.41) is 5.64. The fraction of sp³-hybridized carbons (Fsp3) is 0.353. The van der Waals surface area contributed by atoms with E-state index in [1.807, 2.05) is 30.3 Å². The van der Waals surface area contributed by atoms with Crippen molar-refractivity contribution in [3.05, 3.63) is 48.0 Å². The predicted octanol–water partition coefficient (Wildman–Crippen LogP) is 3.55. The minimum absolute atomic E-state index is 0.254. The molecule has 1 N–H and O–H groups in total. The lowest BCUT2D eigenvalue weighted by molar-refractivity contribution is 0.0865. The quantitative estimate of drug-likeness (QED) is 0.847. The van der Waals surface area contributed by atoms with E-state index in [1.165, 1.54) is 0 Å². The average molecular weight is 253 g/mol. The number of ketones is 1. The summed E-state index contributed by atoms with van der Waals surface area (Å²) in [6, 6.07) is 14.1. The van der Waals surface area contributed by atoms with Gasteiger partial charge in [-0.25, -0.2) is 0 Å². The third kappa shape index (κ3) is 1.96. The Bertz CT molecular complexity index is 606. The van der Waals surface area contributed by atoms with Gasteiger partial charge in [0, 0.05) is 5.56 Å². The molecule has 1 atom stereocenters. The van der Waals surface area contributed by atoms with Crippen LogP contribution < -0.4 is 5.32 Å². The highest BCUT2D eigenvalue weighted by Crippen LogP contribution is 2.30. The van der Waals surface area contributed by atoms with Crippen molar-refractivity contribution in [1.82, 2.24) is 5.32 Å². The molecule has 2 aromatic carbocycles. The Labute approximate surface area is 113 Å². The van der Waals surface area contributed by atoms with Gasteiger partial charge < -0.3 is 5.32 Å². The maximum Gasteiger partial charge on any atom is 0.183 e. The Hall–Kier alpha value is -1.67. The van der Waals surface area contributed by atoms with E-state index in [0.717, 1.165) is 42.1 Å². The molecule has 0 aliphatic carbocycles. The monoisotopic (exact) mass is 253 g/mol. The van der Waals surface area contributed by atoms with Crippen LogP contribution in [0, 0.1) is 0 Å². The van der Waals surface area contributed by atoms with Crippen molar-refractivity contribution in [2.45, 2.75) is 31.7 Å². The summed E-state index contributed by atoms with van der Waals surface area (Å²) in [6.07, 6.45) is 2.89. The van der Waals surface area contributed by atoms with Gasteiger partial charge in [0.2, 0.25) is 0 Å². The summed E-state index contributed by atoms with van der Waals surface area (Å²) in [5.41, 5.74) is 0.513. The van der Waals surface area contributed by atoms with Gasteiger partial charge in [-0.15, -0.1) is 0 Å². The maximum absolute atomic E-state index is 13.0. The molecule has 2 nitrogen and oxygen atoms in total. The molecule has 1 aliphatic heterocycles. The molecule has 19 heavy (non-hydrogen) atoms. The SMILES string of the molecule is CCC1(C(=O)c2cccc3ccccc23)CCCN1. The molecular formula is C17H19NO. The molecule has 0 aromatic heterocycles. The van der Waals surface area contributed by atoms with Gasteiger partial charge in [-0.3, -0.25) is 4.79 Å². The van der Waals surface area contributed by atoms with Crippen LogP contribution in [0.4, 0.5) is 0 Å². The minimum Gasteiger partial charge on any atom is -0.305 e. The van der Waals surface area contributed by atoms with Gasteiger partial charge >= 0.3 is 0 Å². The number of carbonyl (C=O) groups excluding carboxylic acids is 1. The van der Waals surface area contributed by atoms with Crippen LogP contribution in [0.15, 0.2) is 42.5 Å². The lowest BCUT2D eigenvalue weighted by atomic mass is 9.84. The molecule has 1 heterocycles. The Balaban J connectivity index is 2.11. The van der Waals surface area contributed by atoms with Crippen LogP contribution in [-0.2, 0) is 0 Å². The average Bonchev–Trinajstić information content (AvgIpc) is 2.96. The summed E-state index contributed by atoms with van der Waals surface area (Å²) in [5.74, 6) is 0.254.